The van der Waals surface area contributed by atoms with Gasteiger partial charge in [-0.15, -0.1) is 12.6 Å². The van der Waals surface area contributed by atoms with Gasteiger partial charge in [0.2, 0.25) is 0 Å². The molecular weight excluding hydrogens is 188 g/mol. The molecule has 1 aromatic carbocycles. The summed E-state index contributed by atoms with van der Waals surface area (Å²) < 4.78 is 4.55. The van der Waals surface area contributed by atoms with Crippen molar-refractivity contribution in [2.45, 2.75) is 4.90 Å². The van der Waals surface area contributed by atoms with E-state index in [0.717, 1.165) is 0 Å². The van der Waals surface area contributed by atoms with E-state index in [4.69, 9.17) is 5.84 Å². The molecule has 0 saturated heterocycles. The van der Waals surface area contributed by atoms with E-state index in [1.165, 1.54) is 7.11 Å². The van der Waals surface area contributed by atoms with Gasteiger partial charge >= 0.3 is 5.97 Å². The van der Waals surface area contributed by atoms with Crippen molar-refractivity contribution in [3.8, 4) is 0 Å². The predicted molar refractivity (Wildman–Crippen MR) is 52.8 cm³/mol. The predicted octanol–water partition coefficient (Wildman–Crippen LogP) is 1.05. The first-order valence-corrected chi connectivity index (χ1v) is 4.01. The molecule has 0 saturated carbocycles. The number of esters is 1. The highest BCUT2D eigenvalue weighted by Gasteiger charge is 2.06. The molecule has 1 rings (SSSR count). The lowest BCUT2D eigenvalue weighted by molar-refractivity contribution is 0.0600. The summed E-state index contributed by atoms with van der Waals surface area (Å²) in [6.07, 6.45) is 0. The molecule has 0 radical (unpaired) electrons. The summed E-state index contributed by atoms with van der Waals surface area (Å²) in [4.78, 5) is 11.8. The molecule has 70 valence electrons. The Morgan fingerprint density at radius 3 is 2.77 bits per heavy atom. The molecule has 0 unspecified atom stereocenters. The number of benzene rings is 1. The van der Waals surface area contributed by atoms with Crippen LogP contribution in [0.3, 0.4) is 0 Å². The lowest BCUT2D eigenvalue weighted by Gasteiger charge is -2.04. The molecule has 0 bridgehead atoms. The average molecular weight is 198 g/mol. The molecule has 1 aromatic rings. The first-order chi connectivity index (χ1) is 6.17. The van der Waals surface area contributed by atoms with Gasteiger partial charge < -0.3 is 10.2 Å². The topological polar surface area (TPSA) is 64.3 Å². The quantitative estimate of drug-likeness (QED) is 0.287. The van der Waals surface area contributed by atoms with Crippen molar-refractivity contribution < 1.29 is 9.53 Å². The van der Waals surface area contributed by atoms with Crippen LogP contribution in [0.15, 0.2) is 23.1 Å². The van der Waals surface area contributed by atoms with Crippen LogP contribution < -0.4 is 11.3 Å². The molecule has 0 fully saturated rings. The highest BCUT2D eigenvalue weighted by Crippen LogP contribution is 2.17. The minimum Gasteiger partial charge on any atom is -0.465 e. The van der Waals surface area contributed by atoms with E-state index >= 15 is 0 Å². The Morgan fingerprint density at radius 1 is 1.54 bits per heavy atom. The number of nitrogen functional groups attached to an aromatic ring is 1. The van der Waals surface area contributed by atoms with Crippen molar-refractivity contribution in [3.63, 3.8) is 0 Å². The molecule has 5 heteroatoms. The van der Waals surface area contributed by atoms with Gasteiger partial charge in [0.05, 0.1) is 18.4 Å². The third kappa shape index (κ3) is 2.37. The van der Waals surface area contributed by atoms with Gasteiger partial charge in [0.15, 0.2) is 0 Å². The van der Waals surface area contributed by atoms with Gasteiger partial charge in [-0.1, -0.05) is 0 Å². The maximum atomic E-state index is 11.1. The van der Waals surface area contributed by atoms with Crippen LogP contribution in [0.5, 0.6) is 0 Å². The second-order valence-electron chi connectivity index (χ2n) is 2.40. The summed E-state index contributed by atoms with van der Waals surface area (Å²) >= 11 is 4.11. The lowest BCUT2D eigenvalue weighted by atomic mass is 10.2. The summed E-state index contributed by atoms with van der Waals surface area (Å²) in [5.74, 6) is 4.78. The van der Waals surface area contributed by atoms with Gasteiger partial charge in [-0.05, 0) is 18.2 Å². The number of thiol groups is 1. The second-order valence-corrected chi connectivity index (χ2v) is 2.92. The highest BCUT2D eigenvalue weighted by atomic mass is 32.1. The number of carbonyl (C=O) groups is 1. The van der Waals surface area contributed by atoms with Crippen molar-refractivity contribution in [2.24, 2.45) is 5.84 Å². The van der Waals surface area contributed by atoms with Crippen LogP contribution in [0, 0.1) is 0 Å². The maximum absolute atomic E-state index is 11.1. The van der Waals surface area contributed by atoms with Crippen LogP contribution in [-0.4, -0.2) is 13.1 Å². The van der Waals surface area contributed by atoms with Gasteiger partial charge in [0.1, 0.15) is 0 Å². The highest BCUT2D eigenvalue weighted by molar-refractivity contribution is 7.80. The first kappa shape index (κ1) is 9.88. The van der Waals surface area contributed by atoms with Crippen molar-refractivity contribution in [3.05, 3.63) is 23.8 Å². The SMILES string of the molecule is COC(=O)c1cc(S)cc(NN)c1. The molecule has 0 atom stereocenters. The summed E-state index contributed by atoms with van der Waals surface area (Å²) in [7, 11) is 1.32. The number of hydrogen-bond donors (Lipinski definition) is 3. The van der Waals surface area contributed by atoms with Gasteiger partial charge in [0, 0.05) is 4.90 Å². The van der Waals surface area contributed by atoms with Crippen molar-refractivity contribution in [2.75, 3.05) is 12.5 Å². The van der Waals surface area contributed by atoms with E-state index in [1.54, 1.807) is 18.2 Å². The van der Waals surface area contributed by atoms with E-state index in [2.05, 4.69) is 22.8 Å². The van der Waals surface area contributed by atoms with Crippen molar-refractivity contribution in [1.82, 2.24) is 0 Å². The Kier molecular flexibility index (Phi) is 3.16. The number of hydrazine groups is 1. The fraction of sp³-hybridized carbons (Fsp3) is 0.125. The molecule has 13 heavy (non-hydrogen) atoms. The van der Waals surface area contributed by atoms with E-state index in [1.807, 2.05) is 0 Å². The van der Waals surface area contributed by atoms with E-state index in [-0.39, 0.29) is 0 Å². The first-order valence-electron chi connectivity index (χ1n) is 3.56. The molecule has 3 N–H and O–H groups in total. The summed E-state index contributed by atoms with van der Waals surface area (Å²) in [6.45, 7) is 0. The monoisotopic (exact) mass is 198 g/mol. The molecule has 0 aromatic heterocycles. The van der Waals surface area contributed by atoms with Crippen LogP contribution in [0.25, 0.3) is 0 Å². The number of carbonyl (C=O) groups excluding carboxylic acids is 1. The standard InChI is InChI=1S/C8H10N2O2S/c1-12-8(11)5-2-6(10-9)4-7(13)3-5/h2-4,10,13H,9H2,1H3. The molecule has 0 aliphatic carbocycles. The van der Waals surface area contributed by atoms with Crippen molar-refractivity contribution in [1.29, 1.82) is 0 Å². The fourth-order valence-electron chi connectivity index (χ4n) is 0.930. The Morgan fingerprint density at radius 2 is 2.23 bits per heavy atom. The molecule has 0 amide bonds. The summed E-state index contributed by atoms with van der Waals surface area (Å²) in [6, 6.07) is 4.90. The zero-order valence-corrected chi connectivity index (χ0v) is 7.97. The molecule has 0 aliphatic rings. The molecular formula is C8H10N2O2S. The van der Waals surface area contributed by atoms with Gasteiger partial charge in [0.25, 0.3) is 0 Å². The Labute approximate surface area is 81.5 Å². The molecule has 0 spiro atoms. The van der Waals surface area contributed by atoms with Crippen molar-refractivity contribution >= 4 is 24.3 Å². The minimum absolute atomic E-state index is 0.410. The number of nitrogens with one attached hydrogen (secondary N) is 1. The second kappa shape index (κ2) is 4.15. The smallest absolute Gasteiger partial charge is 0.337 e. The summed E-state index contributed by atoms with van der Waals surface area (Å²) in [5.41, 5.74) is 3.47. The number of anilines is 1. The molecule has 4 nitrogen and oxygen atoms in total. The third-order valence-electron chi connectivity index (χ3n) is 1.51. The van der Waals surface area contributed by atoms with E-state index in [0.29, 0.717) is 16.1 Å². The molecule has 0 aliphatic heterocycles. The zero-order valence-electron chi connectivity index (χ0n) is 7.07. The lowest BCUT2D eigenvalue weighted by Crippen LogP contribution is -2.08. The number of hydrogen-bond acceptors (Lipinski definition) is 5. The normalized spacial score (nSPS) is 9.46. The average Bonchev–Trinajstić information content (AvgIpc) is 2.15. The van der Waals surface area contributed by atoms with Gasteiger partial charge in [-0.3, -0.25) is 5.84 Å². The van der Waals surface area contributed by atoms with Crippen LogP contribution in [-0.2, 0) is 4.74 Å². The number of methoxy groups -OCH3 is 1. The van der Waals surface area contributed by atoms with Gasteiger partial charge in [-0.2, -0.15) is 0 Å². The van der Waals surface area contributed by atoms with E-state index < -0.39 is 5.97 Å². The summed E-state index contributed by atoms with van der Waals surface area (Å²) in [5, 5.41) is 0. The fourth-order valence-corrected chi connectivity index (χ4v) is 1.21. The Balaban J connectivity index is 3.08. The maximum Gasteiger partial charge on any atom is 0.337 e. The zero-order chi connectivity index (χ0) is 9.84. The van der Waals surface area contributed by atoms with Crippen LogP contribution in [0.1, 0.15) is 10.4 Å². The number of rotatable bonds is 2. The number of nitrogens with two attached hydrogens (primary N) is 1. The van der Waals surface area contributed by atoms with Crippen LogP contribution in [0.2, 0.25) is 0 Å². The van der Waals surface area contributed by atoms with Crippen LogP contribution in [0.4, 0.5) is 5.69 Å². The minimum atomic E-state index is -0.410. The van der Waals surface area contributed by atoms with E-state index in [9.17, 15) is 4.79 Å². The Hall–Kier alpha value is -1.20. The van der Waals surface area contributed by atoms with Crippen LogP contribution >= 0.6 is 12.6 Å². The number of ether oxygens (including phenoxy) is 1. The Bertz CT molecular complexity index is 328. The third-order valence-corrected chi connectivity index (χ3v) is 1.76. The molecule has 0 heterocycles. The largest absolute Gasteiger partial charge is 0.465 e. The van der Waals surface area contributed by atoms with Gasteiger partial charge in [-0.25, -0.2) is 4.79 Å².